The molecule has 2 saturated carbocycles. The molecule has 3 aliphatic rings. The van der Waals surface area contributed by atoms with Crippen LogP contribution in [0, 0.1) is 23.7 Å². The first-order chi connectivity index (χ1) is 10.9. The molecular weight excluding hydrogens is 302 g/mol. The number of aliphatic hydroxyl groups excluding tert-OH is 2. The van der Waals surface area contributed by atoms with Crippen LogP contribution in [0.15, 0.2) is 24.3 Å². The number of carbonyl (C=O) groups is 3. The van der Waals surface area contributed by atoms with Gasteiger partial charge in [-0.05, 0) is 30.7 Å². The number of carboxylic acids is 1. The molecule has 4 rings (SSSR count). The normalized spacial score (nSPS) is 38.3. The monoisotopic (exact) mass is 317 g/mol. The molecule has 1 aromatic carbocycles. The lowest BCUT2D eigenvalue weighted by molar-refractivity contribution is -0.129. The van der Waals surface area contributed by atoms with Crippen molar-refractivity contribution >= 4 is 23.5 Å². The molecule has 1 heterocycles. The molecule has 0 unspecified atom stereocenters. The van der Waals surface area contributed by atoms with Crippen LogP contribution in [0.2, 0.25) is 0 Å². The minimum absolute atomic E-state index is 0.0685. The maximum atomic E-state index is 12.7. The van der Waals surface area contributed by atoms with Gasteiger partial charge >= 0.3 is 5.97 Å². The Labute approximate surface area is 131 Å². The minimum Gasteiger partial charge on any atom is -0.478 e. The molecule has 3 N–H and O–H groups in total. The third kappa shape index (κ3) is 1.74. The number of fused-ring (bicyclic) bond motifs is 5. The van der Waals surface area contributed by atoms with Crippen LogP contribution in [-0.2, 0) is 9.59 Å². The number of amides is 2. The molecule has 0 radical (unpaired) electrons. The predicted molar refractivity (Wildman–Crippen MR) is 76.5 cm³/mol. The van der Waals surface area contributed by atoms with Gasteiger partial charge in [0.05, 0.1) is 35.3 Å². The number of benzene rings is 1. The van der Waals surface area contributed by atoms with Crippen LogP contribution in [0.25, 0.3) is 0 Å². The van der Waals surface area contributed by atoms with Gasteiger partial charge in [0.2, 0.25) is 11.8 Å². The van der Waals surface area contributed by atoms with Crippen LogP contribution < -0.4 is 4.90 Å². The fourth-order valence-electron chi connectivity index (χ4n) is 4.44. The average Bonchev–Trinajstić information content (AvgIpc) is 3.12. The standard InChI is InChI=1S/C16H15NO6/c18-12-8-5-9(13(12)19)11-10(8)14(20)17(15(11)21)7-3-1-6(2-4-7)16(22)23/h1-4,8-13,18-19H,5H2,(H,22,23)/t8-,9-,10-,11+,12-,13-/m1/s1. The van der Waals surface area contributed by atoms with Gasteiger partial charge in [-0.2, -0.15) is 0 Å². The summed E-state index contributed by atoms with van der Waals surface area (Å²) >= 11 is 0. The van der Waals surface area contributed by atoms with Crippen LogP contribution in [0.1, 0.15) is 16.8 Å². The smallest absolute Gasteiger partial charge is 0.335 e. The highest BCUT2D eigenvalue weighted by Gasteiger charge is 2.67. The first kappa shape index (κ1) is 14.3. The Hall–Kier alpha value is -2.25. The number of carboxylic acid groups (broad SMARTS) is 1. The van der Waals surface area contributed by atoms with Crippen molar-refractivity contribution in [1.29, 1.82) is 0 Å². The number of rotatable bonds is 2. The van der Waals surface area contributed by atoms with Crippen molar-refractivity contribution in [2.75, 3.05) is 4.90 Å². The van der Waals surface area contributed by atoms with E-state index in [0.29, 0.717) is 12.1 Å². The van der Waals surface area contributed by atoms with Crippen molar-refractivity contribution in [3.63, 3.8) is 0 Å². The molecule has 2 aliphatic carbocycles. The van der Waals surface area contributed by atoms with E-state index in [1.807, 2.05) is 0 Å². The molecule has 0 aromatic heterocycles. The average molecular weight is 317 g/mol. The maximum Gasteiger partial charge on any atom is 0.335 e. The fourth-order valence-corrected chi connectivity index (χ4v) is 4.44. The number of hydrogen-bond donors (Lipinski definition) is 3. The van der Waals surface area contributed by atoms with Gasteiger partial charge in [0.25, 0.3) is 0 Å². The summed E-state index contributed by atoms with van der Waals surface area (Å²) in [6, 6.07) is 5.53. The van der Waals surface area contributed by atoms with Crippen LogP contribution in [0.4, 0.5) is 5.69 Å². The predicted octanol–water partition coefficient (Wildman–Crippen LogP) is -0.138. The third-order valence-electron chi connectivity index (χ3n) is 5.46. The number of nitrogens with zero attached hydrogens (tertiary/aromatic N) is 1. The van der Waals surface area contributed by atoms with Crippen molar-refractivity contribution in [1.82, 2.24) is 0 Å². The van der Waals surface area contributed by atoms with E-state index in [0.717, 1.165) is 4.90 Å². The highest BCUT2D eigenvalue weighted by molar-refractivity contribution is 6.22. The first-order valence-electron chi connectivity index (χ1n) is 7.49. The van der Waals surface area contributed by atoms with E-state index in [1.165, 1.54) is 24.3 Å². The quantitative estimate of drug-likeness (QED) is 0.654. The lowest BCUT2D eigenvalue weighted by Gasteiger charge is -2.29. The lowest BCUT2D eigenvalue weighted by atomic mass is 9.78. The van der Waals surface area contributed by atoms with Crippen molar-refractivity contribution in [2.45, 2.75) is 18.6 Å². The molecule has 7 heteroatoms. The van der Waals surface area contributed by atoms with E-state index in [4.69, 9.17) is 5.11 Å². The van der Waals surface area contributed by atoms with Gasteiger partial charge in [-0.15, -0.1) is 0 Å². The van der Waals surface area contributed by atoms with E-state index in [9.17, 15) is 24.6 Å². The number of aromatic carboxylic acids is 1. The largest absolute Gasteiger partial charge is 0.478 e. The van der Waals surface area contributed by atoms with E-state index in [-0.39, 0.29) is 29.2 Å². The molecule has 3 fully saturated rings. The van der Waals surface area contributed by atoms with Crippen molar-refractivity contribution < 1.29 is 29.7 Å². The molecular formula is C16H15NO6. The van der Waals surface area contributed by atoms with E-state index in [1.54, 1.807) is 0 Å². The van der Waals surface area contributed by atoms with Crippen LogP contribution in [0.5, 0.6) is 0 Å². The molecule has 1 aliphatic heterocycles. The summed E-state index contributed by atoms with van der Waals surface area (Å²) in [5, 5.41) is 28.9. The number of anilines is 1. The van der Waals surface area contributed by atoms with Gasteiger partial charge in [-0.25, -0.2) is 4.79 Å². The van der Waals surface area contributed by atoms with Gasteiger partial charge in [0.15, 0.2) is 0 Å². The molecule has 1 saturated heterocycles. The van der Waals surface area contributed by atoms with Crippen molar-refractivity contribution in [2.24, 2.45) is 23.7 Å². The van der Waals surface area contributed by atoms with Crippen molar-refractivity contribution in [3.8, 4) is 0 Å². The zero-order chi connectivity index (χ0) is 16.5. The fraction of sp³-hybridized carbons (Fsp3) is 0.438. The van der Waals surface area contributed by atoms with E-state index >= 15 is 0 Å². The van der Waals surface area contributed by atoms with Gasteiger partial charge in [-0.1, -0.05) is 0 Å². The lowest BCUT2D eigenvalue weighted by Crippen LogP contribution is -2.43. The Morgan fingerprint density at radius 2 is 1.43 bits per heavy atom. The van der Waals surface area contributed by atoms with Gasteiger partial charge in [0, 0.05) is 11.8 Å². The molecule has 120 valence electrons. The number of hydrogen-bond acceptors (Lipinski definition) is 5. The summed E-state index contributed by atoms with van der Waals surface area (Å²) in [5.41, 5.74) is 0.390. The molecule has 6 atom stereocenters. The number of imide groups is 1. The Morgan fingerprint density at radius 3 is 1.87 bits per heavy atom. The second kappa shape index (κ2) is 4.62. The summed E-state index contributed by atoms with van der Waals surface area (Å²) in [4.78, 5) is 37.3. The second-order valence-corrected chi connectivity index (χ2v) is 6.46. The number of carbonyl (C=O) groups excluding carboxylic acids is 2. The van der Waals surface area contributed by atoms with Crippen LogP contribution in [0.3, 0.4) is 0 Å². The molecule has 2 bridgehead atoms. The van der Waals surface area contributed by atoms with Crippen LogP contribution >= 0.6 is 0 Å². The van der Waals surface area contributed by atoms with Gasteiger partial charge < -0.3 is 15.3 Å². The summed E-state index contributed by atoms with van der Waals surface area (Å²) in [6.45, 7) is 0. The zero-order valence-corrected chi connectivity index (χ0v) is 12.0. The zero-order valence-electron chi connectivity index (χ0n) is 12.0. The summed E-state index contributed by atoms with van der Waals surface area (Å²) in [5.74, 6) is -3.80. The minimum atomic E-state index is -1.09. The third-order valence-corrected chi connectivity index (χ3v) is 5.46. The SMILES string of the molecule is O=C(O)c1ccc(N2C(=O)[C@@H]3[C@H]4C[C@@H]([C@@H](O)[C@@H]4O)[C@@H]3C2=O)cc1. The first-order valence-corrected chi connectivity index (χ1v) is 7.49. The molecule has 2 amide bonds. The Bertz CT molecular complexity index is 682. The summed E-state index contributed by atoms with van der Waals surface area (Å²) < 4.78 is 0. The van der Waals surface area contributed by atoms with Gasteiger partial charge in [0.1, 0.15) is 0 Å². The Kier molecular flexibility index (Phi) is 2.88. The van der Waals surface area contributed by atoms with Crippen LogP contribution in [-0.4, -0.2) is 45.3 Å². The topological polar surface area (TPSA) is 115 Å². The van der Waals surface area contributed by atoms with E-state index in [2.05, 4.69) is 0 Å². The summed E-state index contributed by atoms with van der Waals surface area (Å²) in [7, 11) is 0. The van der Waals surface area contributed by atoms with E-state index < -0.39 is 30.0 Å². The molecule has 7 nitrogen and oxygen atoms in total. The maximum absolute atomic E-state index is 12.7. The molecule has 0 spiro atoms. The highest BCUT2D eigenvalue weighted by Crippen LogP contribution is 2.56. The summed E-state index contributed by atoms with van der Waals surface area (Å²) in [6.07, 6.45) is -1.44. The Balaban J connectivity index is 1.68. The highest BCUT2D eigenvalue weighted by atomic mass is 16.4. The second-order valence-electron chi connectivity index (χ2n) is 6.46. The molecule has 1 aromatic rings. The molecule has 23 heavy (non-hydrogen) atoms. The van der Waals surface area contributed by atoms with Crippen molar-refractivity contribution in [3.05, 3.63) is 29.8 Å². The van der Waals surface area contributed by atoms with Gasteiger partial charge in [-0.3, -0.25) is 14.5 Å². The number of aliphatic hydroxyl groups is 2. The Morgan fingerprint density at radius 1 is 0.957 bits per heavy atom.